The van der Waals surface area contributed by atoms with E-state index in [0.717, 1.165) is 26.2 Å². The van der Waals surface area contributed by atoms with Crippen molar-refractivity contribution in [2.45, 2.75) is 38.8 Å². The summed E-state index contributed by atoms with van der Waals surface area (Å²) in [5.41, 5.74) is 1.39. The van der Waals surface area contributed by atoms with Gasteiger partial charge in [0.1, 0.15) is 0 Å². The van der Waals surface area contributed by atoms with Crippen LogP contribution in [0.5, 0.6) is 0 Å². The van der Waals surface area contributed by atoms with Gasteiger partial charge >= 0.3 is 0 Å². The Bertz CT molecular complexity index is 306. The van der Waals surface area contributed by atoms with Crippen LogP contribution in [-0.2, 0) is 11.3 Å². The van der Waals surface area contributed by atoms with Crippen molar-refractivity contribution in [2.24, 2.45) is 0 Å². The molecule has 0 spiro atoms. The maximum Gasteiger partial charge on any atom is 0.0702 e. The second kappa shape index (κ2) is 6.77. The molecule has 1 saturated heterocycles. The van der Waals surface area contributed by atoms with Crippen molar-refractivity contribution < 1.29 is 4.74 Å². The first-order valence-corrected chi connectivity index (χ1v) is 6.76. The largest absolute Gasteiger partial charge is 0.377 e. The number of nitrogens with zero attached hydrogens (tertiary/aromatic N) is 1. The van der Waals surface area contributed by atoms with Crippen LogP contribution in [0, 0.1) is 0 Å². The lowest BCUT2D eigenvalue weighted by Crippen LogP contribution is -2.35. The number of hydrogen-bond acceptors (Lipinski definition) is 2. The molecule has 1 atom stereocenters. The second-order valence-corrected chi connectivity index (χ2v) is 4.80. The molecule has 2 nitrogen and oxygen atoms in total. The van der Waals surface area contributed by atoms with E-state index in [0.29, 0.717) is 6.10 Å². The molecule has 1 heterocycles. The highest BCUT2D eigenvalue weighted by Gasteiger charge is 2.16. The van der Waals surface area contributed by atoms with Crippen molar-refractivity contribution in [3.63, 3.8) is 0 Å². The van der Waals surface area contributed by atoms with Crippen molar-refractivity contribution >= 4 is 0 Å². The van der Waals surface area contributed by atoms with E-state index in [1.807, 2.05) is 0 Å². The van der Waals surface area contributed by atoms with Gasteiger partial charge in [-0.15, -0.1) is 0 Å². The van der Waals surface area contributed by atoms with E-state index in [1.54, 1.807) is 0 Å². The summed E-state index contributed by atoms with van der Waals surface area (Å²) in [4.78, 5) is 2.48. The van der Waals surface area contributed by atoms with Gasteiger partial charge in [0.15, 0.2) is 0 Å². The van der Waals surface area contributed by atoms with Crippen molar-refractivity contribution in [1.82, 2.24) is 4.90 Å². The predicted molar refractivity (Wildman–Crippen MR) is 71.0 cm³/mol. The van der Waals surface area contributed by atoms with Crippen LogP contribution in [0.2, 0.25) is 0 Å². The highest BCUT2D eigenvalue weighted by molar-refractivity contribution is 5.14. The molecule has 2 rings (SSSR count). The maximum absolute atomic E-state index is 5.81. The zero-order valence-electron chi connectivity index (χ0n) is 10.8. The molecular weight excluding hydrogens is 210 g/mol. The van der Waals surface area contributed by atoms with Crippen LogP contribution >= 0.6 is 0 Å². The fraction of sp³-hybridized carbons (Fsp3) is 0.600. The Labute approximate surface area is 105 Å². The van der Waals surface area contributed by atoms with Gasteiger partial charge in [0.25, 0.3) is 0 Å². The summed E-state index contributed by atoms with van der Waals surface area (Å²) >= 11 is 0. The molecule has 1 aliphatic heterocycles. The second-order valence-electron chi connectivity index (χ2n) is 4.80. The van der Waals surface area contributed by atoms with Crippen LogP contribution in [0.15, 0.2) is 30.3 Å². The molecule has 94 valence electrons. The van der Waals surface area contributed by atoms with Crippen molar-refractivity contribution in [3.05, 3.63) is 35.9 Å². The van der Waals surface area contributed by atoms with Gasteiger partial charge in [-0.2, -0.15) is 0 Å². The number of rotatable bonds is 5. The lowest BCUT2D eigenvalue weighted by Gasteiger charge is -2.29. The maximum atomic E-state index is 5.81. The van der Waals surface area contributed by atoms with Crippen molar-refractivity contribution in [2.75, 3.05) is 19.7 Å². The molecule has 2 heteroatoms. The quantitative estimate of drug-likeness (QED) is 0.775. The van der Waals surface area contributed by atoms with Crippen LogP contribution < -0.4 is 0 Å². The topological polar surface area (TPSA) is 12.5 Å². The van der Waals surface area contributed by atoms with E-state index in [1.165, 1.54) is 24.8 Å². The normalized spacial score (nSPS) is 20.7. The third-order valence-electron chi connectivity index (χ3n) is 3.43. The Morgan fingerprint density at radius 3 is 2.71 bits per heavy atom. The Morgan fingerprint density at radius 1 is 1.24 bits per heavy atom. The smallest absolute Gasteiger partial charge is 0.0702 e. The average molecular weight is 233 g/mol. The lowest BCUT2D eigenvalue weighted by molar-refractivity contribution is -0.00623. The summed E-state index contributed by atoms with van der Waals surface area (Å²) in [5.74, 6) is 0. The van der Waals surface area contributed by atoms with Crippen molar-refractivity contribution in [3.8, 4) is 0 Å². The van der Waals surface area contributed by atoms with Gasteiger partial charge in [-0.05, 0) is 31.4 Å². The van der Waals surface area contributed by atoms with E-state index in [4.69, 9.17) is 4.74 Å². The molecule has 0 saturated carbocycles. The molecule has 1 aromatic carbocycles. The minimum Gasteiger partial charge on any atom is -0.377 e. The molecule has 0 radical (unpaired) electrons. The van der Waals surface area contributed by atoms with Crippen LogP contribution in [0.1, 0.15) is 31.7 Å². The fourth-order valence-corrected chi connectivity index (χ4v) is 2.39. The fourth-order valence-electron chi connectivity index (χ4n) is 2.39. The van der Waals surface area contributed by atoms with Gasteiger partial charge in [-0.25, -0.2) is 0 Å². The first-order chi connectivity index (χ1) is 8.38. The SMILES string of the molecule is CCN(Cc1ccccc1)CC1CCCCO1. The number of benzene rings is 1. The molecule has 1 aliphatic rings. The number of hydrogen-bond donors (Lipinski definition) is 0. The molecule has 1 aromatic rings. The van der Waals surface area contributed by atoms with Gasteiger partial charge in [0, 0.05) is 19.7 Å². The van der Waals surface area contributed by atoms with Crippen LogP contribution in [-0.4, -0.2) is 30.7 Å². The van der Waals surface area contributed by atoms with E-state index < -0.39 is 0 Å². The predicted octanol–water partition coefficient (Wildman–Crippen LogP) is 3.08. The van der Waals surface area contributed by atoms with Gasteiger partial charge in [-0.3, -0.25) is 4.90 Å². The Hall–Kier alpha value is -0.860. The van der Waals surface area contributed by atoms with E-state index in [-0.39, 0.29) is 0 Å². The monoisotopic (exact) mass is 233 g/mol. The molecule has 0 amide bonds. The third kappa shape index (κ3) is 4.14. The van der Waals surface area contributed by atoms with E-state index >= 15 is 0 Å². The molecule has 17 heavy (non-hydrogen) atoms. The van der Waals surface area contributed by atoms with Gasteiger partial charge in [0.05, 0.1) is 6.10 Å². The highest BCUT2D eigenvalue weighted by Crippen LogP contribution is 2.15. The number of ether oxygens (including phenoxy) is 1. The molecule has 0 bridgehead atoms. The average Bonchev–Trinajstić information content (AvgIpc) is 2.40. The Kier molecular flexibility index (Phi) is 5.02. The van der Waals surface area contributed by atoms with Gasteiger partial charge in [0.2, 0.25) is 0 Å². The first-order valence-electron chi connectivity index (χ1n) is 6.76. The van der Waals surface area contributed by atoms with Crippen LogP contribution in [0.4, 0.5) is 0 Å². The molecule has 0 aromatic heterocycles. The molecule has 1 fully saturated rings. The lowest BCUT2D eigenvalue weighted by atomic mass is 10.1. The van der Waals surface area contributed by atoms with Crippen molar-refractivity contribution in [1.29, 1.82) is 0 Å². The zero-order valence-corrected chi connectivity index (χ0v) is 10.8. The number of likely N-dealkylation sites (N-methyl/N-ethyl adjacent to an activating group) is 1. The minimum atomic E-state index is 0.451. The van der Waals surface area contributed by atoms with Gasteiger partial charge in [-0.1, -0.05) is 37.3 Å². The minimum absolute atomic E-state index is 0.451. The highest BCUT2D eigenvalue weighted by atomic mass is 16.5. The summed E-state index contributed by atoms with van der Waals surface area (Å²) in [6, 6.07) is 10.7. The van der Waals surface area contributed by atoms with Crippen LogP contribution in [0.25, 0.3) is 0 Å². The molecule has 0 aliphatic carbocycles. The third-order valence-corrected chi connectivity index (χ3v) is 3.43. The summed E-state index contributed by atoms with van der Waals surface area (Å²) in [6.45, 7) is 6.39. The summed E-state index contributed by atoms with van der Waals surface area (Å²) in [5, 5.41) is 0. The summed E-state index contributed by atoms with van der Waals surface area (Å²) in [7, 11) is 0. The molecule has 1 unspecified atom stereocenters. The Morgan fingerprint density at radius 2 is 2.06 bits per heavy atom. The van der Waals surface area contributed by atoms with E-state index in [2.05, 4.69) is 42.2 Å². The molecular formula is C15H23NO. The Balaban J connectivity index is 1.83. The summed E-state index contributed by atoms with van der Waals surface area (Å²) < 4.78 is 5.81. The van der Waals surface area contributed by atoms with Gasteiger partial charge < -0.3 is 4.74 Å². The zero-order chi connectivity index (χ0) is 11.9. The standard InChI is InChI=1S/C15H23NO/c1-2-16(12-14-8-4-3-5-9-14)13-15-10-6-7-11-17-15/h3-5,8-9,15H,2,6-7,10-13H2,1H3. The van der Waals surface area contributed by atoms with Crippen LogP contribution in [0.3, 0.4) is 0 Å². The van der Waals surface area contributed by atoms with E-state index in [9.17, 15) is 0 Å². The summed E-state index contributed by atoms with van der Waals surface area (Å²) in [6.07, 6.45) is 4.24. The first kappa shape index (κ1) is 12.6. The molecule has 0 N–H and O–H groups in total.